The third-order valence-corrected chi connectivity index (χ3v) is 5.07. The van der Waals surface area contributed by atoms with Gasteiger partial charge in [-0.05, 0) is 23.6 Å². The number of H-pyrrole nitrogens is 1. The molecular weight excluding hydrogens is 324 g/mol. The van der Waals surface area contributed by atoms with Gasteiger partial charge < -0.3 is 10.2 Å². The average molecular weight is 348 g/mol. The van der Waals surface area contributed by atoms with Crippen molar-refractivity contribution in [2.45, 2.75) is 25.8 Å². The molecule has 0 bridgehead atoms. The van der Waals surface area contributed by atoms with E-state index in [2.05, 4.69) is 58.0 Å². The normalized spacial score (nSPS) is 14.9. The van der Waals surface area contributed by atoms with E-state index in [9.17, 15) is 4.79 Å². The first-order valence-electron chi connectivity index (χ1n) is 9.32. The number of hydrogen-bond donors (Lipinski definition) is 2. The van der Waals surface area contributed by atoms with E-state index in [-0.39, 0.29) is 5.91 Å². The number of nitrogens with zero attached hydrogens (tertiary/aromatic N) is 2. The molecule has 0 aliphatic carbocycles. The van der Waals surface area contributed by atoms with Crippen molar-refractivity contribution in [3.63, 3.8) is 0 Å². The van der Waals surface area contributed by atoms with E-state index >= 15 is 0 Å². The average Bonchev–Trinajstić information content (AvgIpc) is 3.14. The summed E-state index contributed by atoms with van der Waals surface area (Å²) >= 11 is 0. The van der Waals surface area contributed by atoms with Gasteiger partial charge in [0.2, 0.25) is 5.91 Å². The number of hydrogen-bond acceptors (Lipinski definition) is 3. The van der Waals surface area contributed by atoms with Gasteiger partial charge >= 0.3 is 0 Å². The van der Waals surface area contributed by atoms with Gasteiger partial charge in [-0.25, -0.2) is 0 Å². The lowest BCUT2D eigenvalue weighted by Crippen LogP contribution is -2.39. The zero-order valence-corrected chi connectivity index (χ0v) is 14.9. The Kier molecular flexibility index (Phi) is 4.97. The number of fused-ring (bicyclic) bond motifs is 1. The van der Waals surface area contributed by atoms with Crippen LogP contribution in [0.4, 0.5) is 0 Å². The Bertz CT molecular complexity index is 896. The van der Waals surface area contributed by atoms with E-state index in [0.717, 1.165) is 50.3 Å². The number of carbonyl (C=O) groups excluding carboxylic acids is 1. The van der Waals surface area contributed by atoms with Crippen LogP contribution >= 0.6 is 0 Å². The number of likely N-dealkylation sites (tertiary alicyclic amines) is 1. The van der Waals surface area contributed by atoms with E-state index < -0.39 is 0 Å². The number of piperidine rings is 1. The highest BCUT2D eigenvalue weighted by Gasteiger charge is 2.17. The predicted octanol–water partition coefficient (Wildman–Crippen LogP) is 3.33. The molecule has 0 atom stereocenters. The Hall–Kier alpha value is -2.66. The third-order valence-electron chi connectivity index (χ3n) is 5.07. The van der Waals surface area contributed by atoms with Gasteiger partial charge in [0, 0.05) is 43.7 Å². The predicted molar refractivity (Wildman–Crippen MR) is 104 cm³/mol. The van der Waals surface area contributed by atoms with Crippen molar-refractivity contribution in [2.75, 3.05) is 19.6 Å². The molecule has 134 valence electrons. The summed E-state index contributed by atoms with van der Waals surface area (Å²) in [5.74, 6) is 0.290. The molecule has 1 fully saturated rings. The molecule has 1 amide bonds. The van der Waals surface area contributed by atoms with Gasteiger partial charge in [0.1, 0.15) is 0 Å². The van der Waals surface area contributed by atoms with Crippen molar-refractivity contribution in [3.8, 4) is 11.3 Å². The number of nitrogens with one attached hydrogen (secondary N) is 2. The van der Waals surface area contributed by atoms with Crippen LogP contribution in [-0.4, -0.2) is 40.6 Å². The molecule has 0 unspecified atom stereocenters. The molecule has 1 saturated heterocycles. The minimum atomic E-state index is 0.290. The second kappa shape index (κ2) is 7.70. The molecule has 1 aliphatic rings. The lowest BCUT2D eigenvalue weighted by molar-refractivity contribution is -0.133. The lowest BCUT2D eigenvalue weighted by atomic mass is 10.00. The molecule has 0 radical (unpaired) electrons. The van der Waals surface area contributed by atoms with Gasteiger partial charge in [0.05, 0.1) is 11.9 Å². The summed E-state index contributed by atoms with van der Waals surface area (Å²) < 4.78 is 0. The highest BCUT2D eigenvalue weighted by Crippen LogP contribution is 2.29. The summed E-state index contributed by atoms with van der Waals surface area (Å²) in [6.45, 7) is 3.21. The molecule has 1 aromatic heterocycles. The van der Waals surface area contributed by atoms with Crippen LogP contribution < -0.4 is 5.32 Å². The van der Waals surface area contributed by atoms with Crippen LogP contribution in [0.25, 0.3) is 22.0 Å². The zero-order chi connectivity index (χ0) is 17.8. The smallest absolute Gasteiger partial charge is 0.222 e. The molecule has 2 heterocycles. The number of benzene rings is 2. The number of carbonyl (C=O) groups is 1. The van der Waals surface area contributed by atoms with Crippen LogP contribution in [0.3, 0.4) is 0 Å². The maximum absolute atomic E-state index is 11.9. The van der Waals surface area contributed by atoms with E-state index in [1.165, 1.54) is 16.3 Å². The molecule has 4 rings (SSSR count). The Morgan fingerprint density at radius 2 is 2.00 bits per heavy atom. The molecule has 2 N–H and O–H groups in total. The fourth-order valence-corrected chi connectivity index (χ4v) is 3.66. The summed E-state index contributed by atoms with van der Waals surface area (Å²) in [6, 6.07) is 14.7. The maximum Gasteiger partial charge on any atom is 0.222 e. The molecule has 3 aromatic rings. The van der Waals surface area contributed by atoms with Gasteiger partial charge in [-0.1, -0.05) is 42.5 Å². The van der Waals surface area contributed by atoms with Crippen LogP contribution in [0.2, 0.25) is 0 Å². The highest BCUT2D eigenvalue weighted by atomic mass is 16.2. The number of rotatable bonds is 6. The van der Waals surface area contributed by atoms with Gasteiger partial charge in [0.15, 0.2) is 0 Å². The van der Waals surface area contributed by atoms with Crippen LogP contribution in [0.5, 0.6) is 0 Å². The monoisotopic (exact) mass is 348 g/mol. The topological polar surface area (TPSA) is 61.0 Å². The summed E-state index contributed by atoms with van der Waals surface area (Å²) in [6.07, 6.45) is 4.74. The van der Waals surface area contributed by atoms with E-state index in [1.807, 2.05) is 11.1 Å². The second-order valence-electron chi connectivity index (χ2n) is 6.81. The minimum Gasteiger partial charge on any atom is -0.341 e. The van der Waals surface area contributed by atoms with Gasteiger partial charge in [-0.3, -0.25) is 9.89 Å². The molecule has 0 saturated carbocycles. The fraction of sp³-hybridized carbons (Fsp3) is 0.333. The van der Waals surface area contributed by atoms with Crippen LogP contribution in [-0.2, 0) is 11.3 Å². The summed E-state index contributed by atoms with van der Waals surface area (Å²) in [4.78, 5) is 13.8. The largest absolute Gasteiger partial charge is 0.341 e. The van der Waals surface area contributed by atoms with Crippen LogP contribution in [0.15, 0.2) is 48.7 Å². The maximum atomic E-state index is 11.9. The van der Waals surface area contributed by atoms with Crippen molar-refractivity contribution in [3.05, 3.63) is 54.2 Å². The van der Waals surface area contributed by atoms with Crippen molar-refractivity contribution in [1.29, 1.82) is 0 Å². The number of aromatic nitrogens is 2. The Morgan fingerprint density at radius 1 is 1.12 bits per heavy atom. The Morgan fingerprint density at radius 3 is 2.92 bits per heavy atom. The fourth-order valence-electron chi connectivity index (χ4n) is 3.66. The van der Waals surface area contributed by atoms with Crippen molar-refractivity contribution >= 4 is 16.7 Å². The molecule has 1 aliphatic heterocycles. The van der Waals surface area contributed by atoms with Crippen molar-refractivity contribution < 1.29 is 4.79 Å². The zero-order valence-electron chi connectivity index (χ0n) is 14.9. The summed E-state index contributed by atoms with van der Waals surface area (Å²) in [5.41, 5.74) is 3.37. The van der Waals surface area contributed by atoms with E-state index in [4.69, 9.17) is 0 Å². The van der Waals surface area contributed by atoms with Crippen LogP contribution in [0.1, 0.15) is 24.8 Å². The molecule has 0 spiro atoms. The van der Waals surface area contributed by atoms with Crippen molar-refractivity contribution in [2.24, 2.45) is 0 Å². The SMILES string of the molecule is O=C1CCCCN1CCNCc1cn[nH]c1-c1cccc2ccccc12. The van der Waals surface area contributed by atoms with Gasteiger partial charge in [0.25, 0.3) is 0 Å². The number of aromatic amines is 1. The first kappa shape index (κ1) is 16.8. The van der Waals surface area contributed by atoms with E-state index in [1.54, 1.807) is 0 Å². The Labute approximate surface area is 153 Å². The summed E-state index contributed by atoms with van der Waals surface area (Å²) in [5, 5.41) is 13.3. The third kappa shape index (κ3) is 3.48. The van der Waals surface area contributed by atoms with Crippen LogP contribution in [0, 0.1) is 0 Å². The minimum absolute atomic E-state index is 0.290. The van der Waals surface area contributed by atoms with Gasteiger partial charge in [-0.2, -0.15) is 5.10 Å². The summed E-state index contributed by atoms with van der Waals surface area (Å²) in [7, 11) is 0. The first-order chi connectivity index (χ1) is 12.8. The molecule has 2 aromatic carbocycles. The molecular formula is C21H24N4O. The standard InChI is InChI=1S/C21H24N4O/c26-20-10-3-4-12-25(20)13-11-22-14-17-15-23-24-21(17)19-9-5-7-16-6-1-2-8-18(16)19/h1-2,5-9,15,22H,3-4,10-14H2,(H,23,24). The quantitative estimate of drug-likeness (QED) is 0.672. The Balaban J connectivity index is 1.43. The first-order valence-corrected chi connectivity index (χ1v) is 9.32. The number of amides is 1. The molecule has 26 heavy (non-hydrogen) atoms. The van der Waals surface area contributed by atoms with E-state index in [0.29, 0.717) is 6.42 Å². The second-order valence-corrected chi connectivity index (χ2v) is 6.81. The molecule has 5 nitrogen and oxygen atoms in total. The highest BCUT2D eigenvalue weighted by molar-refractivity contribution is 5.96. The van der Waals surface area contributed by atoms with Crippen molar-refractivity contribution in [1.82, 2.24) is 20.4 Å². The van der Waals surface area contributed by atoms with Gasteiger partial charge in [-0.15, -0.1) is 0 Å². The lowest BCUT2D eigenvalue weighted by Gasteiger charge is -2.26. The molecule has 5 heteroatoms.